The maximum absolute atomic E-state index is 12.6. The van der Waals surface area contributed by atoms with Crippen molar-refractivity contribution < 1.29 is 14.7 Å². The third-order valence-corrected chi connectivity index (χ3v) is 5.34. The topological polar surface area (TPSA) is 57.6 Å². The summed E-state index contributed by atoms with van der Waals surface area (Å²) in [6.07, 6.45) is 2.12. The van der Waals surface area contributed by atoms with Gasteiger partial charge in [0.05, 0.1) is 5.02 Å². The molecule has 1 unspecified atom stereocenters. The Labute approximate surface area is 136 Å². The minimum absolute atomic E-state index is 0.270. The molecule has 0 saturated carbocycles. The number of benzene rings is 1. The normalized spacial score (nSPS) is 22.6. The predicted octanol–water partition coefficient (Wildman–Crippen LogP) is 3.41. The number of carboxylic acid groups (broad SMARTS) is 1. The van der Waals surface area contributed by atoms with Crippen LogP contribution in [0.5, 0.6) is 0 Å². The molecule has 20 heavy (non-hydrogen) atoms. The van der Waals surface area contributed by atoms with Crippen molar-refractivity contribution in [2.24, 2.45) is 0 Å². The quantitative estimate of drug-likeness (QED) is 0.764. The van der Waals surface area contributed by atoms with Gasteiger partial charge in [0.25, 0.3) is 5.91 Å². The molecular formula is C14H15ClINO3. The highest BCUT2D eigenvalue weighted by molar-refractivity contribution is 14.1. The molecule has 4 nitrogen and oxygen atoms in total. The van der Waals surface area contributed by atoms with Crippen LogP contribution in [0.3, 0.4) is 0 Å². The van der Waals surface area contributed by atoms with E-state index in [0.717, 1.165) is 16.4 Å². The first-order chi connectivity index (χ1) is 9.36. The highest BCUT2D eigenvalue weighted by Gasteiger charge is 2.44. The van der Waals surface area contributed by atoms with E-state index in [1.165, 1.54) is 4.90 Å². The van der Waals surface area contributed by atoms with E-state index in [0.29, 0.717) is 23.6 Å². The van der Waals surface area contributed by atoms with Gasteiger partial charge in [0.1, 0.15) is 5.54 Å². The Bertz CT molecular complexity index is 563. The Morgan fingerprint density at radius 3 is 2.70 bits per heavy atom. The SMILES string of the molecule is CC1(C(=O)O)CCCCN1C(=O)c1ccc(I)c(Cl)c1. The van der Waals surface area contributed by atoms with E-state index >= 15 is 0 Å². The first-order valence-corrected chi connectivity index (χ1v) is 7.82. The van der Waals surface area contributed by atoms with Crippen LogP contribution in [-0.4, -0.2) is 34.0 Å². The third-order valence-electron chi connectivity index (χ3n) is 3.76. The number of carbonyl (C=O) groups excluding carboxylic acids is 1. The second-order valence-corrected chi connectivity index (χ2v) is 6.69. The Hall–Kier alpha value is -0.820. The highest BCUT2D eigenvalue weighted by atomic mass is 127. The lowest BCUT2D eigenvalue weighted by Crippen LogP contribution is -2.57. The minimum atomic E-state index is -1.13. The summed E-state index contributed by atoms with van der Waals surface area (Å²) >= 11 is 8.12. The van der Waals surface area contributed by atoms with Gasteiger partial charge in [0.15, 0.2) is 0 Å². The number of carboxylic acids is 1. The molecular weight excluding hydrogens is 393 g/mol. The molecule has 1 fully saturated rings. The smallest absolute Gasteiger partial charge is 0.329 e. The van der Waals surface area contributed by atoms with Crippen LogP contribution >= 0.6 is 34.2 Å². The summed E-state index contributed by atoms with van der Waals surface area (Å²) in [7, 11) is 0. The van der Waals surface area contributed by atoms with Crippen LogP contribution in [0.4, 0.5) is 0 Å². The molecule has 0 spiro atoms. The maximum atomic E-state index is 12.6. The Balaban J connectivity index is 2.35. The van der Waals surface area contributed by atoms with Crippen molar-refractivity contribution in [3.8, 4) is 0 Å². The molecule has 0 aromatic heterocycles. The Kier molecular flexibility index (Phi) is 4.59. The van der Waals surface area contributed by atoms with Gasteiger partial charge < -0.3 is 10.0 Å². The summed E-state index contributed by atoms with van der Waals surface area (Å²) in [5, 5.41) is 9.95. The van der Waals surface area contributed by atoms with Crippen molar-refractivity contribution in [2.75, 3.05) is 6.54 Å². The molecule has 1 saturated heterocycles. The van der Waals surface area contributed by atoms with Gasteiger partial charge in [-0.3, -0.25) is 4.79 Å². The first-order valence-electron chi connectivity index (χ1n) is 6.36. The van der Waals surface area contributed by atoms with Gasteiger partial charge in [-0.2, -0.15) is 0 Å². The monoisotopic (exact) mass is 407 g/mol. The Morgan fingerprint density at radius 2 is 2.10 bits per heavy atom. The summed E-state index contributed by atoms with van der Waals surface area (Å²) in [6, 6.07) is 5.05. The van der Waals surface area contributed by atoms with Gasteiger partial charge in [-0.15, -0.1) is 0 Å². The number of likely N-dealkylation sites (tertiary alicyclic amines) is 1. The van der Waals surface area contributed by atoms with Crippen molar-refractivity contribution in [2.45, 2.75) is 31.7 Å². The number of hydrogen-bond donors (Lipinski definition) is 1. The van der Waals surface area contributed by atoms with Crippen LogP contribution in [0.15, 0.2) is 18.2 Å². The van der Waals surface area contributed by atoms with Crippen molar-refractivity contribution in [1.29, 1.82) is 0 Å². The molecule has 2 rings (SSSR count). The zero-order chi connectivity index (χ0) is 14.9. The second-order valence-electron chi connectivity index (χ2n) is 5.12. The van der Waals surface area contributed by atoms with E-state index < -0.39 is 11.5 Å². The lowest BCUT2D eigenvalue weighted by molar-refractivity contribution is -0.150. The van der Waals surface area contributed by atoms with Crippen LogP contribution in [-0.2, 0) is 4.79 Å². The summed E-state index contributed by atoms with van der Waals surface area (Å²) in [6.45, 7) is 2.08. The number of carbonyl (C=O) groups is 2. The highest BCUT2D eigenvalue weighted by Crippen LogP contribution is 2.30. The van der Waals surface area contributed by atoms with Crippen LogP contribution in [0.1, 0.15) is 36.5 Å². The molecule has 1 atom stereocenters. The molecule has 6 heteroatoms. The lowest BCUT2D eigenvalue weighted by Gasteiger charge is -2.41. The average Bonchev–Trinajstić information content (AvgIpc) is 2.41. The van der Waals surface area contributed by atoms with Crippen molar-refractivity contribution in [1.82, 2.24) is 4.90 Å². The molecule has 0 aliphatic carbocycles. The fraction of sp³-hybridized carbons (Fsp3) is 0.429. The summed E-state index contributed by atoms with van der Waals surface area (Å²) in [4.78, 5) is 25.6. The number of amides is 1. The zero-order valence-electron chi connectivity index (χ0n) is 11.0. The van der Waals surface area contributed by atoms with E-state index in [1.54, 1.807) is 25.1 Å². The van der Waals surface area contributed by atoms with Gasteiger partial charge >= 0.3 is 5.97 Å². The molecule has 0 radical (unpaired) electrons. The average molecular weight is 408 g/mol. The Morgan fingerprint density at radius 1 is 1.40 bits per heavy atom. The van der Waals surface area contributed by atoms with E-state index in [1.807, 2.05) is 0 Å². The van der Waals surface area contributed by atoms with Gasteiger partial charge in [-0.1, -0.05) is 11.6 Å². The van der Waals surface area contributed by atoms with Gasteiger partial charge in [0, 0.05) is 15.7 Å². The summed E-state index contributed by atoms with van der Waals surface area (Å²) in [5.41, 5.74) is -0.699. The van der Waals surface area contributed by atoms with Gasteiger partial charge in [0.2, 0.25) is 0 Å². The molecule has 1 amide bonds. The zero-order valence-corrected chi connectivity index (χ0v) is 13.9. The van der Waals surface area contributed by atoms with Crippen LogP contribution in [0, 0.1) is 3.57 Å². The fourth-order valence-corrected chi connectivity index (χ4v) is 2.97. The minimum Gasteiger partial charge on any atom is -0.480 e. The van der Waals surface area contributed by atoms with E-state index in [4.69, 9.17) is 11.6 Å². The van der Waals surface area contributed by atoms with E-state index in [9.17, 15) is 14.7 Å². The van der Waals surface area contributed by atoms with Crippen molar-refractivity contribution in [3.05, 3.63) is 32.4 Å². The third kappa shape index (κ3) is 2.79. The van der Waals surface area contributed by atoms with Crippen molar-refractivity contribution >= 4 is 46.1 Å². The standard InChI is InChI=1S/C14H15ClINO3/c1-14(13(19)20)6-2-3-7-17(14)12(18)9-4-5-11(16)10(15)8-9/h4-5,8H,2-3,6-7H2,1H3,(H,19,20). The lowest BCUT2D eigenvalue weighted by atomic mass is 9.88. The largest absolute Gasteiger partial charge is 0.480 e. The molecule has 1 aliphatic rings. The summed E-state index contributed by atoms with van der Waals surface area (Å²) < 4.78 is 0.862. The number of piperidine rings is 1. The number of rotatable bonds is 2. The van der Waals surface area contributed by atoms with E-state index in [-0.39, 0.29) is 5.91 Å². The second kappa shape index (κ2) is 5.89. The van der Waals surface area contributed by atoms with Crippen LogP contribution in [0.25, 0.3) is 0 Å². The van der Waals surface area contributed by atoms with Crippen molar-refractivity contribution in [3.63, 3.8) is 0 Å². The molecule has 1 heterocycles. The number of aliphatic carboxylic acids is 1. The van der Waals surface area contributed by atoms with E-state index in [2.05, 4.69) is 22.6 Å². The van der Waals surface area contributed by atoms with Crippen LogP contribution in [0.2, 0.25) is 5.02 Å². The molecule has 108 valence electrons. The molecule has 1 aromatic carbocycles. The molecule has 1 aromatic rings. The first kappa shape index (κ1) is 15.6. The predicted molar refractivity (Wildman–Crippen MR) is 85.1 cm³/mol. The molecule has 1 N–H and O–H groups in total. The van der Waals surface area contributed by atoms with Crippen LogP contribution < -0.4 is 0 Å². The summed E-state index contributed by atoms with van der Waals surface area (Å²) in [5.74, 6) is -1.23. The van der Waals surface area contributed by atoms with Gasteiger partial charge in [-0.05, 0) is 67.0 Å². The van der Waals surface area contributed by atoms with Gasteiger partial charge in [-0.25, -0.2) is 4.79 Å². The number of halogens is 2. The number of hydrogen-bond acceptors (Lipinski definition) is 2. The fourth-order valence-electron chi connectivity index (χ4n) is 2.45. The number of nitrogens with zero attached hydrogens (tertiary/aromatic N) is 1. The molecule has 1 aliphatic heterocycles. The molecule has 0 bridgehead atoms. The maximum Gasteiger partial charge on any atom is 0.329 e.